The summed E-state index contributed by atoms with van der Waals surface area (Å²) in [6, 6.07) is 6.47. The minimum atomic E-state index is -0.887. The fraction of sp³-hybridized carbons (Fsp3) is 0. The van der Waals surface area contributed by atoms with Gasteiger partial charge in [-0.2, -0.15) is 0 Å². The fourth-order valence-electron chi connectivity index (χ4n) is 1.37. The lowest BCUT2D eigenvalue weighted by Gasteiger charge is -2.07. The molecule has 0 fully saturated rings. The minimum absolute atomic E-state index is 0.0331. The van der Waals surface area contributed by atoms with Gasteiger partial charge in [0.05, 0.1) is 0 Å². The van der Waals surface area contributed by atoms with Gasteiger partial charge in [-0.3, -0.25) is 4.79 Å². The molecule has 0 saturated heterocycles. The number of halogens is 4. The van der Waals surface area contributed by atoms with Gasteiger partial charge in [0.15, 0.2) is 11.6 Å². The minimum Gasteiger partial charge on any atom is -0.316 e. The zero-order chi connectivity index (χ0) is 14.0. The van der Waals surface area contributed by atoms with E-state index in [4.69, 9.17) is 11.6 Å². The maximum absolute atomic E-state index is 13.5. The standard InChI is InChI=1S/C12H6BrClF2N2O/c13-6-4-7(15)11(8(16)5-6)18-12(19)9-2-1-3-10(14)17-9/h1-5H,(H,18,19). The van der Waals surface area contributed by atoms with Crippen molar-refractivity contribution in [2.45, 2.75) is 0 Å². The predicted octanol–water partition coefficient (Wildman–Crippen LogP) is 4.03. The van der Waals surface area contributed by atoms with Crippen LogP contribution < -0.4 is 5.32 Å². The molecule has 2 aromatic rings. The highest BCUT2D eigenvalue weighted by atomic mass is 79.9. The van der Waals surface area contributed by atoms with Crippen LogP contribution in [0.15, 0.2) is 34.8 Å². The molecule has 1 aromatic heterocycles. The summed E-state index contributed by atoms with van der Waals surface area (Å²) in [5, 5.41) is 2.23. The SMILES string of the molecule is O=C(Nc1c(F)cc(Br)cc1F)c1cccc(Cl)n1. The number of anilines is 1. The van der Waals surface area contributed by atoms with Gasteiger partial charge in [-0.25, -0.2) is 13.8 Å². The van der Waals surface area contributed by atoms with Crippen LogP contribution in [-0.2, 0) is 0 Å². The third-order valence-corrected chi connectivity index (χ3v) is 2.86. The molecule has 98 valence electrons. The first-order valence-electron chi connectivity index (χ1n) is 5.06. The van der Waals surface area contributed by atoms with Crippen LogP contribution in [0.4, 0.5) is 14.5 Å². The van der Waals surface area contributed by atoms with Crippen molar-refractivity contribution in [2.24, 2.45) is 0 Å². The molecule has 0 bridgehead atoms. The average Bonchev–Trinajstić information content (AvgIpc) is 2.33. The second kappa shape index (κ2) is 5.63. The summed E-state index contributed by atoms with van der Waals surface area (Å²) in [6.07, 6.45) is 0. The first kappa shape index (κ1) is 13.9. The van der Waals surface area contributed by atoms with Crippen molar-refractivity contribution < 1.29 is 13.6 Å². The topological polar surface area (TPSA) is 42.0 Å². The highest BCUT2D eigenvalue weighted by Crippen LogP contribution is 2.24. The molecule has 3 nitrogen and oxygen atoms in total. The van der Waals surface area contributed by atoms with Gasteiger partial charge in [0.1, 0.15) is 16.5 Å². The van der Waals surface area contributed by atoms with Gasteiger partial charge in [0.25, 0.3) is 5.91 Å². The van der Waals surface area contributed by atoms with E-state index in [1.54, 1.807) is 0 Å². The van der Waals surface area contributed by atoms with E-state index >= 15 is 0 Å². The van der Waals surface area contributed by atoms with Crippen molar-refractivity contribution in [1.82, 2.24) is 4.98 Å². The van der Waals surface area contributed by atoms with Crippen molar-refractivity contribution in [1.29, 1.82) is 0 Å². The van der Waals surface area contributed by atoms with Crippen LogP contribution in [0, 0.1) is 11.6 Å². The molecule has 1 amide bonds. The third kappa shape index (κ3) is 3.27. The third-order valence-electron chi connectivity index (χ3n) is 2.19. The van der Waals surface area contributed by atoms with Gasteiger partial charge in [-0.1, -0.05) is 33.6 Å². The number of aromatic nitrogens is 1. The molecule has 0 spiro atoms. The summed E-state index contributed by atoms with van der Waals surface area (Å²) in [6.45, 7) is 0. The van der Waals surface area contributed by atoms with Crippen LogP contribution in [0.2, 0.25) is 5.15 Å². The fourth-order valence-corrected chi connectivity index (χ4v) is 1.94. The molecule has 2 rings (SSSR count). The molecule has 0 radical (unpaired) electrons. The number of carbonyl (C=O) groups is 1. The Balaban J connectivity index is 2.29. The van der Waals surface area contributed by atoms with Crippen LogP contribution in [0.5, 0.6) is 0 Å². The highest BCUT2D eigenvalue weighted by molar-refractivity contribution is 9.10. The van der Waals surface area contributed by atoms with Crippen LogP contribution in [0.1, 0.15) is 10.5 Å². The zero-order valence-corrected chi connectivity index (χ0v) is 11.6. The predicted molar refractivity (Wildman–Crippen MR) is 71.3 cm³/mol. The molecular weight excluding hydrogens is 341 g/mol. The van der Waals surface area contributed by atoms with E-state index in [1.807, 2.05) is 0 Å². The van der Waals surface area contributed by atoms with E-state index in [2.05, 4.69) is 26.2 Å². The van der Waals surface area contributed by atoms with E-state index in [1.165, 1.54) is 18.2 Å². The van der Waals surface area contributed by atoms with Crippen LogP contribution >= 0.6 is 27.5 Å². The largest absolute Gasteiger partial charge is 0.316 e. The molecule has 0 aliphatic carbocycles. The summed E-state index contributed by atoms with van der Waals surface area (Å²) in [5.41, 5.74) is -0.566. The van der Waals surface area contributed by atoms with Gasteiger partial charge >= 0.3 is 0 Å². The number of nitrogens with zero attached hydrogens (tertiary/aromatic N) is 1. The van der Waals surface area contributed by atoms with Crippen molar-refractivity contribution in [3.63, 3.8) is 0 Å². The van der Waals surface area contributed by atoms with E-state index in [-0.39, 0.29) is 15.3 Å². The monoisotopic (exact) mass is 346 g/mol. The average molecular weight is 348 g/mol. The molecule has 1 N–H and O–H groups in total. The summed E-state index contributed by atoms with van der Waals surface area (Å²) in [4.78, 5) is 15.5. The maximum Gasteiger partial charge on any atom is 0.274 e. The molecule has 0 unspecified atom stereocenters. The number of carbonyl (C=O) groups excluding carboxylic acids is 1. The second-order valence-corrected chi connectivity index (χ2v) is 4.85. The van der Waals surface area contributed by atoms with E-state index in [0.717, 1.165) is 12.1 Å². The summed E-state index contributed by atoms with van der Waals surface area (Å²) < 4.78 is 27.3. The Kier molecular flexibility index (Phi) is 4.11. The lowest BCUT2D eigenvalue weighted by Crippen LogP contribution is -2.15. The quantitative estimate of drug-likeness (QED) is 0.834. The molecule has 0 atom stereocenters. The summed E-state index contributed by atoms with van der Waals surface area (Å²) >= 11 is 8.58. The molecule has 7 heteroatoms. The molecule has 0 aliphatic heterocycles. The smallest absolute Gasteiger partial charge is 0.274 e. The number of hydrogen-bond donors (Lipinski definition) is 1. The second-order valence-electron chi connectivity index (χ2n) is 3.54. The van der Waals surface area contributed by atoms with E-state index in [0.29, 0.717) is 0 Å². The number of rotatable bonds is 2. The highest BCUT2D eigenvalue weighted by Gasteiger charge is 2.15. The Morgan fingerprint density at radius 1 is 1.26 bits per heavy atom. The van der Waals surface area contributed by atoms with Gasteiger partial charge in [0.2, 0.25) is 0 Å². The van der Waals surface area contributed by atoms with Crippen molar-refractivity contribution in [3.05, 3.63) is 57.3 Å². The number of amides is 1. The van der Waals surface area contributed by atoms with E-state index in [9.17, 15) is 13.6 Å². The Bertz CT molecular complexity index is 628. The lowest BCUT2D eigenvalue weighted by atomic mass is 10.2. The Morgan fingerprint density at radius 2 is 1.89 bits per heavy atom. The normalized spacial score (nSPS) is 10.3. The summed E-state index contributed by atoms with van der Waals surface area (Å²) in [5.74, 6) is -2.52. The van der Waals surface area contributed by atoms with E-state index < -0.39 is 23.2 Å². The first-order valence-corrected chi connectivity index (χ1v) is 6.23. The molecule has 0 saturated carbocycles. The van der Waals surface area contributed by atoms with Crippen LogP contribution in [-0.4, -0.2) is 10.9 Å². The van der Waals surface area contributed by atoms with Gasteiger partial charge in [0, 0.05) is 4.47 Å². The number of hydrogen-bond acceptors (Lipinski definition) is 2. The number of benzene rings is 1. The molecule has 0 aliphatic rings. The van der Waals surface area contributed by atoms with Gasteiger partial charge in [-0.05, 0) is 24.3 Å². The molecule has 19 heavy (non-hydrogen) atoms. The van der Waals surface area contributed by atoms with Crippen LogP contribution in [0.25, 0.3) is 0 Å². The van der Waals surface area contributed by atoms with Crippen molar-refractivity contribution in [2.75, 3.05) is 5.32 Å². The Hall–Kier alpha value is -1.53. The Labute approximate surface area is 120 Å². The van der Waals surface area contributed by atoms with Crippen LogP contribution in [0.3, 0.4) is 0 Å². The first-order chi connectivity index (χ1) is 8.97. The van der Waals surface area contributed by atoms with Crippen molar-refractivity contribution >= 4 is 39.1 Å². The molecule has 1 heterocycles. The molecule has 1 aromatic carbocycles. The van der Waals surface area contributed by atoms with Crippen molar-refractivity contribution in [3.8, 4) is 0 Å². The maximum atomic E-state index is 13.5. The number of nitrogens with one attached hydrogen (secondary N) is 1. The number of pyridine rings is 1. The summed E-state index contributed by atoms with van der Waals surface area (Å²) in [7, 11) is 0. The lowest BCUT2D eigenvalue weighted by molar-refractivity contribution is 0.102. The Morgan fingerprint density at radius 3 is 2.47 bits per heavy atom. The van der Waals surface area contributed by atoms with Gasteiger partial charge < -0.3 is 5.32 Å². The van der Waals surface area contributed by atoms with Gasteiger partial charge in [-0.15, -0.1) is 0 Å². The molecular formula is C12H6BrClF2N2O. The zero-order valence-electron chi connectivity index (χ0n) is 9.25.